The van der Waals surface area contributed by atoms with E-state index in [0.717, 1.165) is 99.4 Å². The molecule has 0 aliphatic rings. The molecule has 2 aromatic heterocycles. The number of hydrogen-bond donors (Lipinski definition) is 1. The van der Waals surface area contributed by atoms with Crippen LogP contribution in [-0.4, -0.2) is 5.71 Å². The van der Waals surface area contributed by atoms with Crippen molar-refractivity contribution in [2.45, 2.75) is 13.1 Å². The second kappa shape index (κ2) is 14.0. The molecule has 59 heavy (non-hydrogen) atoms. The predicted octanol–water partition coefficient (Wildman–Crippen LogP) is 14.9. The van der Waals surface area contributed by atoms with Crippen LogP contribution < -0.4 is 5.32 Å². The smallest absolute Gasteiger partial charge is 0.145 e. The molecule has 0 aliphatic heterocycles. The second-order valence-electron chi connectivity index (χ2n) is 15.2. The third-order valence-electron chi connectivity index (χ3n) is 11.6. The number of benzene rings is 9. The number of aliphatic imine (C=N–C) groups is 1. The standard InChI is InChI=1S/C55H38N2O2/c1-34(40-28-25-37-15-6-7-16-41(37)31-40)56-55(39-26-23-38(24-27-39)36-13-4-3-5-14-36)57-35(2)44-20-12-22-50-52(44)47-30-29-43(33-51(47)58-50)48-32-42-17-8-9-18-45(42)54-53(48)46-19-10-11-21-49(46)59-54/h3-33,55-56H,1H2,2H3. The van der Waals surface area contributed by atoms with E-state index in [1.165, 1.54) is 16.3 Å². The Morgan fingerprint density at radius 1 is 0.508 bits per heavy atom. The Labute approximate surface area is 341 Å². The third kappa shape index (κ3) is 6.05. The Morgan fingerprint density at radius 2 is 1.19 bits per heavy atom. The monoisotopic (exact) mass is 758 g/mol. The Bertz CT molecular complexity index is 3440. The maximum Gasteiger partial charge on any atom is 0.145 e. The van der Waals surface area contributed by atoms with E-state index >= 15 is 0 Å². The summed E-state index contributed by atoms with van der Waals surface area (Å²) in [7, 11) is 0. The van der Waals surface area contributed by atoms with E-state index in [2.05, 4.69) is 183 Å². The maximum absolute atomic E-state index is 6.67. The number of nitrogens with one attached hydrogen (secondary N) is 1. The lowest BCUT2D eigenvalue weighted by atomic mass is 9.94. The van der Waals surface area contributed by atoms with Crippen LogP contribution >= 0.6 is 0 Å². The predicted molar refractivity (Wildman–Crippen MR) is 247 cm³/mol. The summed E-state index contributed by atoms with van der Waals surface area (Å²) in [5.74, 6) is 0. The van der Waals surface area contributed by atoms with E-state index in [0.29, 0.717) is 0 Å². The summed E-state index contributed by atoms with van der Waals surface area (Å²) in [6, 6.07) is 65.7. The molecule has 0 saturated carbocycles. The Kier molecular flexibility index (Phi) is 8.23. The Hall–Kier alpha value is -7.69. The number of fused-ring (bicyclic) bond motifs is 9. The highest BCUT2D eigenvalue weighted by molar-refractivity contribution is 6.22. The lowest BCUT2D eigenvalue weighted by molar-refractivity contribution is 0.668. The first-order chi connectivity index (χ1) is 29.1. The lowest BCUT2D eigenvalue weighted by Crippen LogP contribution is -2.19. The van der Waals surface area contributed by atoms with Crippen molar-refractivity contribution in [1.29, 1.82) is 0 Å². The van der Waals surface area contributed by atoms with Crippen molar-refractivity contribution in [1.82, 2.24) is 5.32 Å². The second-order valence-corrected chi connectivity index (χ2v) is 15.2. The quantitative estimate of drug-likeness (QED) is 0.157. The molecule has 11 aromatic rings. The minimum Gasteiger partial charge on any atom is -0.456 e. The summed E-state index contributed by atoms with van der Waals surface area (Å²) in [4.78, 5) is 5.43. The number of hydrogen-bond acceptors (Lipinski definition) is 4. The van der Waals surface area contributed by atoms with E-state index in [4.69, 9.17) is 13.8 Å². The van der Waals surface area contributed by atoms with E-state index in [1.54, 1.807) is 0 Å². The molecule has 1 atom stereocenters. The third-order valence-corrected chi connectivity index (χ3v) is 11.6. The van der Waals surface area contributed by atoms with Crippen molar-refractivity contribution in [2.75, 3.05) is 0 Å². The summed E-state index contributed by atoms with van der Waals surface area (Å²) in [6.07, 6.45) is -0.404. The Morgan fingerprint density at radius 3 is 2.03 bits per heavy atom. The van der Waals surface area contributed by atoms with Gasteiger partial charge in [-0.1, -0.05) is 158 Å². The molecule has 0 bridgehead atoms. The highest BCUT2D eigenvalue weighted by Crippen LogP contribution is 2.43. The van der Waals surface area contributed by atoms with Crippen molar-refractivity contribution in [3.05, 3.63) is 211 Å². The van der Waals surface area contributed by atoms with Crippen LogP contribution in [0.3, 0.4) is 0 Å². The fraction of sp³-hybridized carbons (Fsp3) is 0.0364. The average Bonchev–Trinajstić information content (AvgIpc) is 3.88. The maximum atomic E-state index is 6.67. The van der Waals surface area contributed by atoms with Gasteiger partial charge in [0, 0.05) is 43.9 Å². The van der Waals surface area contributed by atoms with E-state index < -0.39 is 6.17 Å². The van der Waals surface area contributed by atoms with E-state index in [9.17, 15) is 0 Å². The van der Waals surface area contributed by atoms with E-state index in [1.807, 2.05) is 24.3 Å². The normalized spacial score (nSPS) is 12.6. The van der Waals surface area contributed by atoms with Crippen LogP contribution in [0.25, 0.3) is 93.4 Å². The number of furan rings is 2. The zero-order chi connectivity index (χ0) is 39.5. The van der Waals surface area contributed by atoms with Gasteiger partial charge in [-0.3, -0.25) is 4.99 Å². The van der Waals surface area contributed by atoms with Crippen LogP contribution in [0.4, 0.5) is 0 Å². The van der Waals surface area contributed by atoms with Crippen LogP contribution in [0.2, 0.25) is 0 Å². The van der Waals surface area contributed by atoms with Crippen molar-refractivity contribution in [3.8, 4) is 22.3 Å². The average molecular weight is 759 g/mol. The number of para-hydroxylation sites is 1. The zero-order valence-corrected chi connectivity index (χ0v) is 32.4. The molecule has 9 aromatic carbocycles. The molecule has 4 nitrogen and oxygen atoms in total. The largest absolute Gasteiger partial charge is 0.456 e. The first-order valence-corrected chi connectivity index (χ1v) is 20.0. The molecule has 280 valence electrons. The molecular weight excluding hydrogens is 721 g/mol. The lowest BCUT2D eigenvalue weighted by Gasteiger charge is -2.20. The molecule has 11 rings (SSSR count). The first kappa shape index (κ1) is 34.5. The van der Waals surface area contributed by atoms with Gasteiger partial charge in [0.15, 0.2) is 0 Å². The summed E-state index contributed by atoms with van der Waals surface area (Å²) in [5.41, 5.74) is 12.7. The molecule has 4 heteroatoms. The summed E-state index contributed by atoms with van der Waals surface area (Å²) in [6.45, 7) is 6.59. The van der Waals surface area contributed by atoms with Gasteiger partial charge in [0.05, 0.1) is 0 Å². The Balaban J connectivity index is 1.01. The summed E-state index contributed by atoms with van der Waals surface area (Å²) >= 11 is 0. The molecule has 1 N–H and O–H groups in total. The van der Waals surface area contributed by atoms with Crippen LogP contribution in [0.15, 0.2) is 208 Å². The number of nitrogens with zero attached hydrogens (tertiary/aromatic N) is 1. The van der Waals surface area contributed by atoms with Crippen LogP contribution in [0, 0.1) is 0 Å². The molecule has 1 unspecified atom stereocenters. The molecule has 0 amide bonds. The van der Waals surface area contributed by atoms with Gasteiger partial charge in [-0.05, 0) is 92.9 Å². The van der Waals surface area contributed by atoms with Gasteiger partial charge in [0.1, 0.15) is 28.5 Å². The van der Waals surface area contributed by atoms with Crippen molar-refractivity contribution in [2.24, 2.45) is 4.99 Å². The zero-order valence-electron chi connectivity index (χ0n) is 32.4. The molecule has 0 radical (unpaired) electrons. The highest BCUT2D eigenvalue weighted by atomic mass is 16.3. The van der Waals surface area contributed by atoms with Crippen LogP contribution in [0.1, 0.15) is 29.8 Å². The van der Waals surface area contributed by atoms with Gasteiger partial charge >= 0.3 is 0 Å². The van der Waals surface area contributed by atoms with Crippen LogP contribution in [0.5, 0.6) is 0 Å². The van der Waals surface area contributed by atoms with Gasteiger partial charge in [0.25, 0.3) is 0 Å². The first-order valence-electron chi connectivity index (χ1n) is 20.0. The molecule has 2 heterocycles. The summed E-state index contributed by atoms with van der Waals surface area (Å²) < 4.78 is 13.2. The minimum absolute atomic E-state index is 0.404. The van der Waals surface area contributed by atoms with Gasteiger partial charge in [-0.15, -0.1) is 0 Å². The van der Waals surface area contributed by atoms with Gasteiger partial charge < -0.3 is 14.2 Å². The molecule has 0 spiro atoms. The van der Waals surface area contributed by atoms with Gasteiger partial charge in [-0.2, -0.15) is 0 Å². The topological polar surface area (TPSA) is 50.7 Å². The molecular formula is C55H38N2O2. The number of rotatable bonds is 8. The van der Waals surface area contributed by atoms with Crippen molar-refractivity contribution >= 4 is 76.8 Å². The SMILES string of the molecule is C=C(NC(N=C(C)c1cccc2oc3cc(-c4cc5ccccc5c5oc6ccccc6c45)ccc3c12)c1ccc(-c2ccccc2)cc1)c1ccc2ccccc2c1. The molecule has 0 aliphatic carbocycles. The van der Waals surface area contributed by atoms with Crippen molar-refractivity contribution < 1.29 is 8.83 Å². The molecule has 0 fully saturated rings. The minimum atomic E-state index is -0.404. The van der Waals surface area contributed by atoms with Gasteiger partial charge in [-0.25, -0.2) is 0 Å². The van der Waals surface area contributed by atoms with Gasteiger partial charge in [0.2, 0.25) is 0 Å². The fourth-order valence-electron chi connectivity index (χ4n) is 8.65. The summed E-state index contributed by atoms with van der Waals surface area (Å²) in [5, 5.41) is 12.6. The van der Waals surface area contributed by atoms with Crippen molar-refractivity contribution in [3.63, 3.8) is 0 Å². The fourth-order valence-corrected chi connectivity index (χ4v) is 8.65. The van der Waals surface area contributed by atoms with Crippen LogP contribution in [-0.2, 0) is 0 Å². The van der Waals surface area contributed by atoms with E-state index in [-0.39, 0.29) is 0 Å². The molecule has 0 saturated heterocycles. The highest BCUT2D eigenvalue weighted by Gasteiger charge is 2.20.